The molecular weight excluding hydrogens is 316 g/mol. The smallest absolute Gasteiger partial charge is 0.274 e. The van der Waals surface area contributed by atoms with Crippen LogP contribution in [0.1, 0.15) is 24.5 Å². The van der Waals surface area contributed by atoms with Crippen molar-refractivity contribution in [2.75, 3.05) is 4.72 Å². The maximum Gasteiger partial charge on any atom is 0.274 e. The van der Waals surface area contributed by atoms with Gasteiger partial charge in [-0.1, -0.05) is 31.5 Å². The van der Waals surface area contributed by atoms with Crippen LogP contribution in [0.5, 0.6) is 0 Å². The van der Waals surface area contributed by atoms with E-state index >= 15 is 0 Å². The van der Waals surface area contributed by atoms with Gasteiger partial charge in [0.1, 0.15) is 0 Å². The first-order valence-corrected chi connectivity index (χ1v) is 8.68. The molecular formula is C16H18N2O4S. The van der Waals surface area contributed by atoms with Gasteiger partial charge in [0, 0.05) is 11.6 Å². The molecule has 0 aliphatic rings. The summed E-state index contributed by atoms with van der Waals surface area (Å²) in [5, 5.41) is 10.9. The lowest BCUT2D eigenvalue weighted by molar-refractivity contribution is -0.385. The number of aryl methyl sites for hydroxylation is 2. The van der Waals surface area contributed by atoms with Gasteiger partial charge >= 0.3 is 0 Å². The minimum Gasteiger partial charge on any atom is -0.279 e. The van der Waals surface area contributed by atoms with Crippen LogP contribution in [0.25, 0.3) is 0 Å². The van der Waals surface area contributed by atoms with Gasteiger partial charge in [0.05, 0.1) is 15.5 Å². The molecule has 0 bridgehead atoms. The molecule has 0 fully saturated rings. The predicted molar refractivity (Wildman–Crippen MR) is 89.1 cm³/mol. The number of sulfonamides is 1. The zero-order chi connectivity index (χ0) is 17.0. The fourth-order valence-electron chi connectivity index (χ4n) is 2.21. The van der Waals surface area contributed by atoms with Crippen molar-refractivity contribution in [3.8, 4) is 0 Å². The van der Waals surface area contributed by atoms with Gasteiger partial charge < -0.3 is 0 Å². The highest BCUT2D eigenvalue weighted by molar-refractivity contribution is 7.92. The molecule has 2 rings (SSSR count). The van der Waals surface area contributed by atoms with Crippen LogP contribution in [0.3, 0.4) is 0 Å². The first-order chi connectivity index (χ1) is 10.8. The molecule has 2 aromatic carbocycles. The Morgan fingerprint density at radius 3 is 2.35 bits per heavy atom. The van der Waals surface area contributed by atoms with Crippen molar-refractivity contribution in [1.29, 1.82) is 0 Å². The zero-order valence-corrected chi connectivity index (χ0v) is 13.8. The topological polar surface area (TPSA) is 89.3 Å². The Morgan fingerprint density at radius 1 is 1.13 bits per heavy atom. The normalized spacial score (nSPS) is 11.2. The molecule has 7 heteroatoms. The minimum absolute atomic E-state index is 0.122. The number of nitrogens with zero attached hydrogens (tertiary/aromatic N) is 1. The van der Waals surface area contributed by atoms with Gasteiger partial charge in [-0.05, 0) is 37.1 Å². The third-order valence-electron chi connectivity index (χ3n) is 3.43. The highest BCUT2D eigenvalue weighted by atomic mass is 32.2. The van der Waals surface area contributed by atoms with E-state index in [-0.39, 0.29) is 16.3 Å². The number of rotatable bonds is 6. The van der Waals surface area contributed by atoms with Gasteiger partial charge in [-0.25, -0.2) is 8.42 Å². The van der Waals surface area contributed by atoms with Crippen molar-refractivity contribution < 1.29 is 13.3 Å². The highest BCUT2D eigenvalue weighted by Gasteiger charge is 2.17. The SMILES string of the molecule is CCCc1ccc(S(=O)(=O)Nc2ccc(C)c([N+](=O)[O-])c2)cc1. The number of benzene rings is 2. The summed E-state index contributed by atoms with van der Waals surface area (Å²) in [7, 11) is -3.77. The quantitative estimate of drug-likeness (QED) is 0.645. The van der Waals surface area contributed by atoms with Crippen molar-refractivity contribution in [1.82, 2.24) is 0 Å². The molecule has 0 amide bonds. The van der Waals surface area contributed by atoms with Crippen molar-refractivity contribution in [3.05, 3.63) is 63.7 Å². The Labute approximate surface area is 135 Å². The molecule has 122 valence electrons. The average Bonchev–Trinajstić information content (AvgIpc) is 2.49. The number of nitro groups is 1. The Balaban J connectivity index is 2.27. The lowest BCUT2D eigenvalue weighted by Crippen LogP contribution is -2.13. The average molecular weight is 334 g/mol. The van der Waals surface area contributed by atoms with E-state index in [1.54, 1.807) is 19.1 Å². The lowest BCUT2D eigenvalue weighted by Gasteiger charge is -2.09. The predicted octanol–water partition coefficient (Wildman–Crippen LogP) is 3.66. The van der Waals surface area contributed by atoms with Crippen LogP contribution in [0.15, 0.2) is 47.4 Å². The molecule has 6 nitrogen and oxygen atoms in total. The van der Waals surface area contributed by atoms with Crippen LogP contribution in [0.4, 0.5) is 11.4 Å². The van der Waals surface area contributed by atoms with Crippen LogP contribution in [0.2, 0.25) is 0 Å². The van der Waals surface area contributed by atoms with E-state index in [1.165, 1.54) is 30.3 Å². The Kier molecular flexibility index (Phi) is 5.00. The summed E-state index contributed by atoms with van der Waals surface area (Å²) >= 11 is 0. The largest absolute Gasteiger partial charge is 0.279 e. The summed E-state index contributed by atoms with van der Waals surface area (Å²) in [6.07, 6.45) is 1.87. The third-order valence-corrected chi connectivity index (χ3v) is 4.83. The molecule has 0 unspecified atom stereocenters. The summed E-state index contributed by atoms with van der Waals surface area (Å²) in [5.74, 6) is 0. The van der Waals surface area contributed by atoms with E-state index < -0.39 is 14.9 Å². The number of anilines is 1. The highest BCUT2D eigenvalue weighted by Crippen LogP contribution is 2.24. The van der Waals surface area contributed by atoms with Gasteiger partial charge in [-0.2, -0.15) is 0 Å². The van der Waals surface area contributed by atoms with Crippen LogP contribution in [-0.2, 0) is 16.4 Å². The Morgan fingerprint density at radius 2 is 1.78 bits per heavy atom. The van der Waals surface area contributed by atoms with Gasteiger partial charge in [-0.15, -0.1) is 0 Å². The molecule has 0 aliphatic carbocycles. The molecule has 0 aromatic heterocycles. The van der Waals surface area contributed by atoms with Crippen LogP contribution in [0, 0.1) is 17.0 Å². The van der Waals surface area contributed by atoms with Crippen LogP contribution < -0.4 is 4.72 Å². The van der Waals surface area contributed by atoms with Crippen molar-refractivity contribution in [2.24, 2.45) is 0 Å². The minimum atomic E-state index is -3.77. The van der Waals surface area contributed by atoms with Crippen molar-refractivity contribution in [2.45, 2.75) is 31.6 Å². The first kappa shape index (κ1) is 17.0. The van der Waals surface area contributed by atoms with Crippen LogP contribution in [-0.4, -0.2) is 13.3 Å². The number of nitro benzene ring substituents is 1. The zero-order valence-electron chi connectivity index (χ0n) is 12.9. The first-order valence-electron chi connectivity index (χ1n) is 7.20. The van der Waals surface area contributed by atoms with E-state index in [1.807, 2.05) is 0 Å². The summed E-state index contributed by atoms with van der Waals surface area (Å²) in [4.78, 5) is 10.5. The number of nitrogens with one attached hydrogen (secondary N) is 1. The second-order valence-electron chi connectivity index (χ2n) is 5.26. The Hall–Kier alpha value is -2.41. The standard InChI is InChI=1S/C16H18N2O4S/c1-3-4-13-6-9-15(10-7-13)23(21,22)17-14-8-5-12(2)16(11-14)18(19)20/h5-11,17H,3-4H2,1-2H3. The maximum atomic E-state index is 12.4. The molecule has 0 radical (unpaired) electrons. The van der Waals surface area contributed by atoms with E-state index in [0.717, 1.165) is 18.4 Å². The van der Waals surface area contributed by atoms with E-state index in [9.17, 15) is 18.5 Å². The second kappa shape index (κ2) is 6.78. The molecule has 0 saturated heterocycles. The molecule has 0 aliphatic heterocycles. The number of hydrogen-bond donors (Lipinski definition) is 1. The van der Waals surface area contributed by atoms with Crippen molar-refractivity contribution >= 4 is 21.4 Å². The monoisotopic (exact) mass is 334 g/mol. The summed E-state index contributed by atoms with van der Waals surface area (Å²) in [5.41, 5.74) is 1.59. The fourth-order valence-corrected chi connectivity index (χ4v) is 3.26. The molecule has 0 atom stereocenters. The lowest BCUT2D eigenvalue weighted by atomic mass is 10.1. The van der Waals surface area contributed by atoms with Crippen molar-refractivity contribution in [3.63, 3.8) is 0 Å². The molecule has 0 saturated carbocycles. The Bertz CT molecular complexity index is 814. The molecule has 1 N–H and O–H groups in total. The number of hydrogen-bond acceptors (Lipinski definition) is 4. The summed E-state index contributed by atoms with van der Waals surface area (Å²) in [6, 6.07) is 10.9. The van der Waals surface area contributed by atoms with E-state index in [2.05, 4.69) is 11.6 Å². The fraction of sp³-hybridized carbons (Fsp3) is 0.250. The maximum absolute atomic E-state index is 12.4. The molecule has 2 aromatic rings. The van der Waals surface area contributed by atoms with Gasteiger partial charge in [0.25, 0.3) is 15.7 Å². The molecule has 0 spiro atoms. The van der Waals surface area contributed by atoms with E-state index in [0.29, 0.717) is 5.56 Å². The summed E-state index contributed by atoms with van der Waals surface area (Å²) in [6.45, 7) is 3.65. The van der Waals surface area contributed by atoms with Gasteiger partial charge in [0.2, 0.25) is 0 Å². The molecule has 23 heavy (non-hydrogen) atoms. The molecule has 0 heterocycles. The van der Waals surface area contributed by atoms with Crippen LogP contribution >= 0.6 is 0 Å². The van der Waals surface area contributed by atoms with Gasteiger partial charge in [0.15, 0.2) is 0 Å². The summed E-state index contributed by atoms with van der Waals surface area (Å²) < 4.78 is 27.1. The third kappa shape index (κ3) is 4.07. The van der Waals surface area contributed by atoms with Gasteiger partial charge in [-0.3, -0.25) is 14.8 Å². The second-order valence-corrected chi connectivity index (χ2v) is 6.94. The van der Waals surface area contributed by atoms with E-state index in [4.69, 9.17) is 0 Å².